The van der Waals surface area contributed by atoms with Crippen molar-refractivity contribution < 1.29 is 9.53 Å². The van der Waals surface area contributed by atoms with Crippen molar-refractivity contribution in [3.63, 3.8) is 0 Å². The maximum absolute atomic E-state index is 13.0. The third-order valence-corrected chi connectivity index (χ3v) is 4.54. The molecule has 1 aliphatic heterocycles. The van der Waals surface area contributed by atoms with Gasteiger partial charge in [0, 0.05) is 30.4 Å². The van der Waals surface area contributed by atoms with E-state index in [1.807, 2.05) is 36.4 Å². The average molecular weight is 385 g/mol. The minimum atomic E-state index is -0.151. The number of nitrogens with one attached hydrogen (secondary N) is 1. The van der Waals surface area contributed by atoms with Crippen LogP contribution in [0.4, 0.5) is 11.5 Å². The Kier molecular flexibility index (Phi) is 5.45. The molecule has 1 N–H and O–H groups in total. The summed E-state index contributed by atoms with van der Waals surface area (Å²) in [5, 5.41) is 12.3. The van der Waals surface area contributed by atoms with Gasteiger partial charge in [-0.25, -0.2) is 9.97 Å². The number of morpholine rings is 1. The SMILES string of the molecule is N#Cc1cccc(Nc2cc(C(=O)N3CCOCC3)nc(-c3ccccc3)n2)c1. The van der Waals surface area contributed by atoms with Crippen molar-refractivity contribution in [1.29, 1.82) is 5.26 Å². The molecule has 0 bridgehead atoms. The quantitative estimate of drug-likeness (QED) is 0.741. The van der Waals surface area contributed by atoms with Crippen molar-refractivity contribution in [3.05, 3.63) is 71.9 Å². The van der Waals surface area contributed by atoms with Crippen LogP contribution in [0.5, 0.6) is 0 Å². The number of hydrogen-bond acceptors (Lipinski definition) is 6. The van der Waals surface area contributed by atoms with E-state index in [4.69, 9.17) is 10.00 Å². The zero-order valence-corrected chi connectivity index (χ0v) is 15.7. The Morgan fingerprint density at radius 1 is 1.03 bits per heavy atom. The van der Waals surface area contributed by atoms with E-state index in [9.17, 15) is 4.79 Å². The number of hydrogen-bond donors (Lipinski definition) is 1. The van der Waals surface area contributed by atoms with Crippen molar-refractivity contribution in [3.8, 4) is 17.5 Å². The molecule has 0 radical (unpaired) electrons. The Labute approximate surface area is 168 Å². The third-order valence-electron chi connectivity index (χ3n) is 4.54. The molecule has 0 saturated carbocycles. The van der Waals surface area contributed by atoms with Gasteiger partial charge in [-0.15, -0.1) is 0 Å². The van der Waals surface area contributed by atoms with E-state index in [1.54, 1.807) is 29.2 Å². The highest BCUT2D eigenvalue weighted by atomic mass is 16.5. The number of nitrogens with zero attached hydrogens (tertiary/aromatic N) is 4. The molecule has 3 aromatic rings. The van der Waals surface area contributed by atoms with Crippen molar-refractivity contribution in [2.24, 2.45) is 0 Å². The molecular formula is C22H19N5O2. The van der Waals surface area contributed by atoms with Gasteiger partial charge in [0.15, 0.2) is 5.82 Å². The first kappa shape index (κ1) is 18.6. The van der Waals surface area contributed by atoms with Crippen LogP contribution in [0.1, 0.15) is 16.1 Å². The second-order valence-corrected chi connectivity index (χ2v) is 6.55. The largest absolute Gasteiger partial charge is 0.378 e. The predicted octanol–water partition coefficient (Wildman–Crippen LogP) is 3.23. The summed E-state index contributed by atoms with van der Waals surface area (Å²) in [5.74, 6) is 0.802. The molecule has 29 heavy (non-hydrogen) atoms. The van der Waals surface area contributed by atoms with Crippen molar-refractivity contribution >= 4 is 17.4 Å². The fourth-order valence-electron chi connectivity index (χ4n) is 3.08. The second kappa shape index (κ2) is 8.50. The molecule has 4 rings (SSSR count). The van der Waals surface area contributed by atoms with E-state index in [2.05, 4.69) is 21.4 Å². The summed E-state index contributed by atoms with van der Waals surface area (Å²) in [4.78, 5) is 23.8. The van der Waals surface area contributed by atoms with Crippen LogP contribution < -0.4 is 5.32 Å². The zero-order valence-electron chi connectivity index (χ0n) is 15.7. The van der Waals surface area contributed by atoms with Crippen LogP contribution in [0.15, 0.2) is 60.7 Å². The van der Waals surface area contributed by atoms with Crippen LogP contribution in [-0.4, -0.2) is 47.1 Å². The average Bonchev–Trinajstić information content (AvgIpc) is 2.79. The van der Waals surface area contributed by atoms with Crippen LogP contribution in [0, 0.1) is 11.3 Å². The molecule has 1 saturated heterocycles. The molecule has 2 aromatic carbocycles. The van der Waals surface area contributed by atoms with Crippen molar-refractivity contribution in [2.45, 2.75) is 0 Å². The molecule has 7 nitrogen and oxygen atoms in total. The van der Waals surface area contributed by atoms with Crippen LogP contribution in [0.2, 0.25) is 0 Å². The first-order chi connectivity index (χ1) is 14.2. The van der Waals surface area contributed by atoms with Crippen LogP contribution in [0.25, 0.3) is 11.4 Å². The monoisotopic (exact) mass is 385 g/mol. The number of benzene rings is 2. The Hall–Kier alpha value is -3.76. The predicted molar refractivity (Wildman–Crippen MR) is 109 cm³/mol. The van der Waals surface area contributed by atoms with Gasteiger partial charge >= 0.3 is 0 Å². The number of rotatable bonds is 4. The highest BCUT2D eigenvalue weighted by molar-refractivity contribution is 5.93. The van der Waals surface area contributed by atoms with Crippen LogP contribution in [-0.2, 0) is 4.74 Å². The van der Waals surface area contributed by atoms with Crippen molar-refractivity contribution in [2.75, 3.05) is 31.6 Å². The highest BCUT2D eigenvalue weighted by Gasteiger charge is 2.21. The van der Waals surface area contributed by atoms with Gasteiger partial charge in [-0.2, -0.15) is 5.26 Å². The summed E-state index contributed by atoms with van der Waals surface area (Å²) >= 11 is 0. The number of nitriles is 1. The Morgan fingerprint density at radius 2 is 1.83 bits per heavy atom. The van der Waals surface area contributed by atoms with Gasteiger partial charge in [-0.3, -0.25) is 4.79 Å². The topological polar surface area (TPSA) is 91.1 Å². The molecule has 144 valence electrons. The summed E-state index contributed by atoms with van der Waals surface area (Å²) < 4.78 is 5.34. The second-order valence-electron chi connectivity index (χ2n) is 6.55. The first-order valence-corrected chi connectivity index (χ1v) is 9.31. The van der Waals surface area contributed by atoms with E-state index in [1.165, 1.54) is 0 Å². The summed E-state index contributed by atoms with van der Waals surface area (Å²) in [6, 6.07) is 20.4. The van der Waals surface area contributed by atoms with E-state index in [0.717, 1.165) is 5.56 Å². The number of aromatic nitrogens is 2. The van der Waals surface area contributed by atoms with E-state index in [0.29, 0.717) is 54.9 Å². The lowest BCUT2D eigenvalue weighted by atomic mass is 10.2. The van der Waals surface area contributed by atoms with Crippen LogP contribution >= 0.6 is 0 Å². The first-order valence-electron chi connectivity index (χ1n) is 9.31. The number of carbonyl (C=O) groups is 1. The molecule has 0 atom stereocenters. The molecule has 2 heterocycles. The molecule has 1 fully saturated rings. The minimum absolute atomic E-state index is 0.151. The van der Waals surface area contributed by atoms with Gasteiger partial charge in [-0.1, -0.05) is 36.4 Å². The lowest BCUT2D eigenvalue weighted by molar-refractivity contribution is 0.0299. The lowest BCUT2D eigenvalue weighted by Crippen LogP contribution is -2.41. The van der Waals surface area contributed by atoms with Gasteiger partial charge in [0.1, 0.15) is 11.5 Å². The van der Waals surface area contributed by atoms with Crippen LogP contribution in [0.3, 0.4) is 0 Å². The fourth-order valence-corrected chi connectivity index (χ4v) is 3.08. The Bertz CT molecular complexity index is 1060. The maximum Gasteiger partial charge on any atom is 0.272 e. The molecule has 1 aliphatic rings. The summed E-state index contributed by atoms with van der Waals surface area (Å²) in [6.45, 7) is 2.12. The molecule has 1 amide bonds. The van der Waals surface area contributed by atoms with E-state index < -0.39 is 0 Å². The number of amides is 1. The van der Waals surface area contributed by atoms with E-state index >= 15 is 0 Å². The minimum Gasteiger partial charge on any atom is -0.378 e. The van der Waals surface area contributed by atoms with Gasteiger partial charge in [-0.05, 0) is 18.2 Å². The van der Waals surface area contributed by atoms with Gasteiger partial charge in [0.2, 0.25) is 0 Å². The molecule has 7 heteroatoms. The third kappa shape index (κ3) is 4.39. The molecule has 1 aromatic heterocycles. The smallest absolute Gasteiger partial charge is 0.272 e. The Morgan fingerprint density at radius 3 is 2.59 bits per heavy atom. The standard InChI is InChI=1S/C22H19N5O2/c23-15-16-5-4-8-18(13-16)24-20-14-19(22(28)27-9-11-29-12-10-27)25-21(26-20)17-6-2-1-3-7-17/h1-8,13-14H,9-12H2,(H,24,25,26). The van der Waals surface area contributed by atoms with Crippen molar-refractivity contribution in [1.82, 2.24) is 14.9 Å². The lowest BCUT2D eigenvalue weighted by Gasteiger charge is -2.26. The van der Waals surface area contributed by atoms with Gasteiger partial charge in [0.05, 0.1) is 24.8 Å². The summed E-state index contributed by atoms with van der Waals surface area (Å²) in [7, 11) is 0. The molecular weight excluding hydrogens is 366 g/mol. The maximum atomic E-state index is 13.0. The van der Waals surface area contributed by atoms with E-state index in [-0.39, 0.29) is 5.91 Å². The van der Waals surface area contributed by atoms with Gasteiger partial charge in [0.25, 0.3) is 5.91 Å². The number of anilines is 2. The number of carbonyl (C=O) groups excluding carboxylic acids is 1. The summed E-state index contributed by atoms with van der Waals surface area (Å²) in [6.07, 6.45) is 0. The fraction of sp³-hybridized carbons (Fsp3) is 0.182. The van der Waals surface area contributed by atoms with Gasteiger partial charge < -0.3 is 15.0 Å². The molecule has 0 spiro atoms. The number of ether oxygens (including phenoxy) is 1. The zero-order chi connectivity index (χ0) is 20.1. The Balaban J connectivity index is 1.71. The normalized spacial score (nSPS) is 13.6. The molecule has 0 unspecified atom stereocenters. The molecule has 0 aliphatic carbocycles. The highest BCUT2D eigenvalue weighted by Crippen LogP contribution is 2.22. The summed E-state index contributed by atoms with van der Waals surface area (Å²) in [5.41, 5.74) is 2.39.